The predicted molar refractivity (Wildman–Crippen MR) is 102 cm³/mol. The van der Waals surface area contributed by atoms with Gasteiger partial charge < -0.3 is 15.0 Å². The van der Waals surface area contributed by atoms with Gasteiger partial charge in [0.25, 0.3) is 0 Å². The van der Waals surface area contributed by atoms with Crippen LogP contribution in [0.15, 0.2) is 47.5 Å². The van der Waals surface area contributed by atoms with Crippen LogP contribution in [0, 0.1) is 0 Å². The van der Waals surface area contributed by atoms with Gasteiger partial charge >= 0.3 is 0 Å². The summed E-state index contributed by atoms with van der Waals surface area (Å²) in [6.07, 6.45) is 3.76. The Morgan fingerprint density at radius 1 is 1.08 bits per heavy atom. The molecular weight excluding hydrogens is 334 g/mol. The zero-order valence-corrected chi connectivity index (χ0v) is 14.9. The quantitative estimate of drug-likeness (QED) is 0.814. The molecule has 0 aliphatic carbocycles. The lowest BCUT2D eigenvalue weighted by Gasteiger charge is -2.15. The van der Waals surface area contributed by atoms with E-state index < -0.39 is 0 Å². The summed E-state index contributed by atoms with van der Waals surface area (Å²) >= 11 is 6.21. The van der Waals surface area contributed by atoms with Crippen molar-refractivity contribution < 1.29 is 4.74 Å². The van der Waals surface area contributed by atoms with E-state index in [9.17, 15) is 0 Å². The SMILES string of the molecule is Clc1ccc2c(c1)C(NCCCN1CCCC1)=Nc1ccccc1O2. The summed E-state index contributed by atoms with van der Waals surface area (Å²) in [6, 6.07) is 13.5. The molecule has 0 amide bonds. The summed E-state index contributed by atoms with van der Waals surface area (Å²) < 4.78 is 6.05. The fourth-order valence-electron chi connectivity index (χ4n) is 3.36. The number of ether oxygens (including phenoxy) is 1. The second-order valence-corrected chi connectivity index (χ2v) is 6.94. The van der Waals surface area contributed by atoms with E-state index in [0.717, 1.165) is 48.1 Å². The molecule has 2 aromatic rings. The Bertz CT molecular complexity index is 784. The van der Waals surface area contributed by atoms with Crippen LogP contribution in [0.2, 0.25) is 5.02 Å². The molecule has 0 unspecified atom stereocenters. The van der Waals surface area contributed by atoms with E-state index >= 15 is 0 Å². The van der Waals surface area contributed by atoms with Crippen molar-refractivity contribution in [1.29, 1.82) is 0 Å². The topological polar surface area (TPSA) is 36.9 Å². The standard InChI is InChI=1S/C20H22ClN3O/c21-15-8-9-18-16(14-15)20(22-10-5-13-24-11-3-4-12-24)23-17-6-1-2-7-19(17)25-18/h1-2,6-9,14H,3-5,10-13H2,(H,22,23). The number of hydrogen-bond acceptors (Lipinski definition) is 4. The number of nitrogens with zero attached hydrogens (tertiary/aromatic N) is 2. The number of halogens is 1. The van der Waals surface area contributed by atoms with Gasteiger partial charge in [-0.05, 0) is 69.2 Å². The summed E-state index contributed by atoms with van der Waals surface area (Å²) in [5, 5.41) is 4.17. The van der Waals surface area contributed by atoms with Crippen molar-refractivity contribution in [3.8, 4) is 11.5 Å². The van der Waals surface area contributed by atoms with E-state index in [1.807, 2.05) is 42.5 Å². The van der Waals surface area contributed by atoms with Crippen LogP contribution in [0.1, 0.15) is 24.8 Å². The minimum Gasteiger partial charge on any atom is -0.454 e. The van der Waals surface area contributed by atoms with Crippen LogP contribution in [-0.2, 0) is 0 Å². The van der Waals surface area contributed by atoms with Crippen molar-refractivity contribution in [1.82, 2.24) is 10.2 Å². The summed E-state index contributed by atoms with van der Waals surface area (Å²) in [6.45, 7) is 4.49. The molecule has 25 heavy (non-hydrogen) atoms. The number of nitrogens with one attached hydrogen (secondary N) is 1. The Morgan fingerprint density at radius 3 is 2.80 bits per heavy atom. The van der Waals surface area contributed by atoms with Crippen molar-refractivity contribution in [2.24, 2.45) is 4.99 Å². The molecule has 5 heteroatoms. The zero-order valence-electron chi connectivity index (χ0n) is 14.2. The molecule has 2 aliphatic rings. The molecular formula is C20H22ClN3O. The van der Waals surface area contributed by atoms with Crippen molar-refractivity contribution >= 4 is 23.1 Å². The summed E-state index contributed by atoms with van der Waals surface area (Å²) in [7, 11) is 0. The lowest BCUT2D eigenvalue weighted by Crippen LogP contribution is -2.29. The third kappa shape index (κ3) is 3.80. The van der Waals surface area contributed by atoms with Crippen molar-refractivity contribution in [2.45, 2.75) is 19.3 Å². The molecule has 1 fully saturated rings. The van der Waals surface area contributed by atoms with Gasteiger partial charge in [-0.3, -0.25) is 0 Å². The van der Waals surface area contributed by atoms with Gasteiger partial charge in [-0.2, -0.15) is 0 Å². The third-order valence-electron chi connectivity index (χ3n) is 4.66. The number of para-hydroxylation sites is 2. The van der Waals surface area contributed by atoms with Crippen LogP contribution in [0.4, 0.5) is 5.69 Å². The summed E-state index contributed by atoms with van der Waals surface area (Å²) in [5.74, 6) is 2.36. The maximum absolute atomic E-state index is 6.21. The second-order valence-electron chi connectivity index (χ2n) is 6.50. The number of likely N-dealkylation sites (tertiary alicyclic amines) is 1. The molecule has 0 saturated carbocycles. The Balaban J connectivity index is 1.53. The van der Waals surface area contributed by atoms with Gasteiger partial charge in [-0.25, -0.2) is 4.99 Å². The second kappa shape index (κ2) is 7.46. The molecule has 0 aromatic heterocycles. The molecule has 2 heterocycles. The van der Waals surface area contributed by atoms with E-state index in [-0.39, 0.29) is 0 Å². The molecule has 0 spiro atoms. The smallest absolute Gasteiger partial charge is 0.153 e. The van der Waals surface area contributed by atoms with Crippen LogP contribution >= 0.6 is 11.6 Å². The van der Waals surface area contributed by atoms with Crippen molar-refractivity contribution in [3.05, 3.63) is 53.1 Å². The Hall–Kier alpha value is -2.04. The molecule has 2 aromatic carbocycles. The van der Waals surface area contributed by atoms with Gasteiger partial charge in [-0.1, -0.05) is 23.7 Å². The first-order valence-electron chi connectivity index (χ1n) is 8.91. The molecule has 4 rings (SSSR count). The number of hydrogen-bond donors (Lipinski definition) is 1. The minimum atomic E-state index is 0.680. The lowest BCUT2D eigenvalue weighted by molar-refractivity contribution is 0.334. The highest BCUT2D eigenvalue weighted by atomic mass is 35.5. The van der Waals surface area contributed by atoms with Gasteiger partial charge in [0.2, 0.25) is 0 Å². The average Bonchev–Trinajstić information content (AvgIpc) is 3.08. The fourth-order valence-corrected chi connectivity index (χ4v) is 3.53. The predicted octanol–water partition coefficient (Wildman–Crippen LogP) is 4.60. The lowest BCUT2D eigenvalue weighted by atomic mass is 10.1. The van der Waals surface area contributed by atoms with Crippen molar-refractivity contribution in [3.63, 3.8) is 0 Å². The molecule has 1 saturated heterocycles. The van der Waals surface area contributed by atoms with Gasteiger partial charge in [0, 0.05) is 11.6 Å². The maximum atomic E-state index is 6.21. The van der Waals surface area contributed by atoms with Gasteiger partial charge in [0.15, 0.2) is 5.75 Å². The molecule has 4 nitrogen and oxygen atoms in total. The largest absolute Gasteiger partial charge is 0.454 e. The summed E-state index contributed by atoms with van der Waals surface area (Å²) in [4.78, 5) is 7.33. The molecule has 0 bridgehead atoms. The fraction of sp³-hybridized carbons (Fsp3) is 0.350. The number of fused-ring (bicyclic) bond motifs is 2. The molecule has 1 N–H and O–H groups in total. The van der Waals surface area contributed by atoms with Crippen molar-refractivity contribution in [2.75, 3.05) is 26.2 Å². The van der Waals surface area contributed by atoms with Gasteiger partial charge in [0.05, 0.1) is 5.56 Å². The van der Waals surface area contributed by atoms with Crippen LogP contribution in [0.25, 0.3) is 0 Å². The van der Waals surface area contributed by atoms with E-state index in [4.69, 9.17) is 21.3 Å². The van der Waals surface area contributed by atoms with Crippen LogP contribution < -0.4 is 10.1 Å². The summed E-state index contributed by atoms with van der Waals surface area (Å²) in [5.41, 5.74) is 1.74. The first kappa shape index (κ1) is 16.4. The Kier molecular flexibility index (Phi) is 4.90. The first-order valence-corrected chi connectivity index (χ1v) is 9.29. The molecule has 2 aliphatic heterocycles. The highest BCUT2D eigenvalue weighted by molar-refractivity contribution is 6.31. The zero-order chi connectivity index (χ0) is 17.1. The van der Waals surface area contributed by atoms with E-state index in [0.29, 0.717) is 5.02 Å². The maximum Gasteiger partial charge on any atom is 0.153 e. The van der Waals surface area contributed by atoms with Crippen LogP contribution in [0.5, 0.6) is 11.5 Å². The highest BCUT2D eigenvalue weighted by Gasteiger charge is 2.18. The number of benzene rings is 2. The van der Waals surface area contributed by atoms with Crippen LogP contribution in [-0.4, -0.2) is 36.9 Å². The van der Waals surface area contributed by atoms with Crippen LogP contribution in [0.3, 0.4) is 0 Å². The van der Waals surface area contributed by atoms with E-state index in [1.54, 1.807) is 0 Å². The molecule has 0 atom stereocenters. The monoisotopic (exact) mass is 355 g/mol. The van der Waals surface area contributed by atoms with E-state index in [2.05, 4.69) is 10.2 Å². The van der Waals surface area contributed by atoms with E-state index in [1.165, 1.54) is 25.9 Å². The number of amidine groups is 1. The Morgan fingerprint density at radius 2 is 1.92 bits per heavy atom. The number of rotatable bonds is 4. The molecule has 130 valence electrons. The minimum absolute atomic E-state index is 0.680. The highest BCUT2D eigenvalue weighted by Crippen LogP contribution is 2.37. The third-order valence-corrected chi connectivity index (χ3v) is 4.89. The number of aliphatic imine (C=N–C) groups is 1. The van der Waals surface area contributed by atoms with Gasteiger partial charge in [-0.15, -0.1) is 0 Å². The van der Waals surface area contributed by atoms with Gasteiger partial charge in [0.1, 0.15) is 17.3 Å². The molecule has 0 radical (unpaired) electrons. The normalized spacial score (nSPS) is 16.4. The average molecular weight is 356 g/mol. The first-order chi connectivity index (χ1) is 12.3. The Labute approximate surface area is 153 Å².